The first-order chi connectivity index (χ1) is 12.1. The van der Waals surface area contributed by atoms with Crippen molar-refractivity contribution in [2.45, 2.75) is 32.7 Å². The number of likely N-dealkylation sites (tertiary alicyclic amines) is 1. The highest BCUT2D eigenvalue weighted by Gasteiger charge is 2.27. The summed E-state index contributed by atoms with van der Waals surface area (Å²) in [5.41, 5.74) is 2.25. The molecule has 2 heterocycles. The zero-order valence-corrected chi connectivity index (χ0v) is 15.0. The third-order valence-corrected chi connectivity index (χ3v) is 4.80. The van der Waals surface area contributed by atoms with E-state index in [0.717, 1.165) is 24.4 Å². The van der Waals surface area contributed by atoms with Gasteiger partial charge in [0.05, 0.1) is 18.8 Å². The molecule has 1 aromatic carbocycles. The molecule has 1 saturated heterocycles. The van der Waals surface area contributed by atoms with Crippen LogP contribution >= 0.6 is 0 Å². The van der Waals surface area contributed by atoms with Gasteiger partial charge in [-0.2, -0.15) is 0 Å². The maximum Gasteiger partial charge on any atom is 0.256 e. The monoisotopic (exact) mass is 343 g/mol. The minimum atomic E-state index is -0.143. The molecule has 6 heteroatoms. The summed E-state index contributed by atoms with van der Waals surface area (Å²) in [6, 6.07) is 8.10. The molecule has 1 N–H and O–H groups in total. The van der Waals surface area contributed by atoms with E-state index in [9.17, 15) is 4.79 Å². The number of methoxy groups -OCH3 is 1. The number of aromatic nitrogens is 1. The fourth-order valence-corrected chi connectivity index (χ4v) is 3.52. The Bertz CT molecular complexity index is 716. The minimum absolute atomic E-state index is 0.0862. The third kappa shape index (κ3) is 3.69. The van der Waals surface area contributed by atoms with Gasteiger partial charge in [0, 0.05) is 12.1 Å². The Hall–Kier alpha value is -2.34. The molecule has 0 radical (unpaired) electrons. The maximum absolute atomic E-state index is 12.6. The van der Waals surface area contributed by atoms with E-state index < -0.39 is 0 Å². The summed E-state index contributed by atoms with van der Waals surface area (Å²) in [6.45, 7) is 6.12. The fourth-order valence-electron chi connectivity index (χ4n) is 3.52. The van der Waals surface area contributed by atoms with E-state index in [1.54, 1.807) is 21.0 Å². The van der Waals surface area contributed by atoms with Gasteiger partial charge in [-0.3, -0.25) is 9.69 Å². The van der Waals surface area contributed by atoms with Crippen LogP contribution in [0.1, 0.15) is 46.3 Å². The van der Waals surface area contributed by atoms with Gasteiger partial charge in [-0.25, -0.2) is 0 Å². The zero-order valence-electron chi connectivity index (χ0n) is 15.0. The van der Waals surface area contributed by atoms with Gasteiger partial charge in [0.15, 0.2) is 0 Å². The molecule has 134 valence electrons. The molecule has 1 aliphatic heterocycles. The van der Waals surface area contributed by atoms with Gasteiger partial charge in [0.2, 0.25) is 0 Å². The summed E-state index contributed by atoms with van der Waals surface area (Å²) in [4.78, 5) is 15.0. The van der Waals surface area contributed by atoms with E-state index in [1.807, 2.05) is 18.2 Å². The molecule has 6 nitrogen and oxygen atoms in total. The number of nitrogens with one attached hydrogen (secondary N) is 1. The van der Waals surface area contributed by atoms with E-state index in [-0.39, 0.29) is 11.9 Å². The Morgan fingerprint density at radius 1 is 1.32 bits per heavy atom. The Balaban J connectivity index is 1.80. The van der Waals surface area contributed by atoms with Crippen molar-refractivity contribution in [3.05, 3.63) is 46.8 Å². The molecule has 1 aliphatic rings. The van der Waals surface area contributed by atoms with Crippen molar-refractivity contribution in [2.75, 3.05) is 26.7 Å². The first-order valence-electron chi connectivity index (χ1n) is 8.70. The smallest absolute Gasteiger partial charge is 0.256 e. The Morgan fingerprint density at radius 2 is 2.04 bits per heavy atom. The van der Waals surface area contributed by atoms with E-state index in [1.165, 1.54) is 12.8 Å². The van der Waals surface area contributed by atoms with Crippen LogP contribution in [0.5, 0.6) is 5.75 Å². The van der Waals surface area contributed by atoms with Crippen LogP contribution in [0, 0.1) is 13.8 Å². The van der Waals surface area contributed by atoms with Gasteiger partial charge in [0.25, 0.3) is 5.91 Å². The Kier molecular flexibility index (Phi) is 5.38. The number of aryl methyl sites for hydroxylation is 2. The summed E-state index contributed by atoms with van der Waals surface area (Å²) < 4.78 is 10.6. The number of benzene rings is 1. The van der Waals surface area contributed by atoms with Gasteiger partial charge in [-0.1, -0.05) is 23.4 Å². The van der Waals surface area contributed by atoms with Crippen LogP contribution in [-0.2, 0) is 0 Å². The number of carbonyl (C=O) groups excluding carboxylic acids is 1. The predicted molar refractivity (Wildman–Crippen MR) is 94.9 cm³/mol. The minimum Gasteiger partial charge on any atom is -0.496 e. The van der Waals surface area contributed by atoms with Crippen molar-refractivity contribution in [3.8, 4) is 5.75 Å². The molecular formula is C19H25N3O3. The summed E-state index contributed by atoms with van der Waals surface area (Å²) in [6.07, 6.45) is 2.37. The van der Waals surface area contributed by atoms with Gasteiger partial charge in [-0.05, 0) is 45.8 Å². The van der Waals surface area contributed by atoms with Crippen LogP contribution in [0.3, 0.4) is 0 Å². The molecule has 1 aromatic heterocycles. The van der Waals surface area contributed by atoms with Gasteiger partial charge < -0.3 is 14.6 Å². The number of hydrogen-bond acceptors (Lipinski definition) is 5. The van der Waals surface area contributed by atoms with E-state index in [2.05, 4.69) is 21.4 Å². The molecule has 0 saturated carbocycles. The quantitative estimate of drug-likeness (QED) is 0.873. The number of hydrogen-bond donors (Lipinski definition) is 1. The summed E-state index contributed by atoms with van der Waals surface area (Å²) in [5.74, 6) is 1.26. The second kappa shape index (κ2) is 7.70. The maximum atomic E-state index is 12.6. The average molecular weight is 343 g/mol. The SMILES string of the molecule is COc1ccccc1[C@@H](CNC(=O)c1c(C)noc1C)N1CCCC1. The molecule has 0 bridgehead atoms. The van der Waals surface area contributed by atoms with Crippen molar-refractivity contribution in [1.29, 1.82) is 0 Å². The lowest BCUT2D eigenvalue weighted by Gasteiger charge is -2.29. The van der Waals surface area contributed by atoms with Crippen molar-refractivity contribution in [3.63, 3.8) is 0 Å². The van der Waals surface area contributed by atoms with Crippen LogP contribution in [-0.4, -0.2) is 42.7 Å². The van der Waals surface area contributed by atoms with Crippen LogP contribution in [0.15, 0.2) is 28.8 Å². The van der Waals surface area contributed by atoms with Crippen LogP contribution in [0.4, 0.5) is 0 Å². The highest BCUT2D eigenvalue weighted by molar-refractivity contribution is 5.96. The normalized spacial score (nSPS) is 16.0. The third-order valence-electron chi connectivity index (χ3n) is 4.80. The zero-order chi connectivity index (χ0) is 17.8. The van der Waals surface area contributed by atoms with Crippen molar-refractivity contribution in [2.24, 2.45) is 0 Å². The molecule has 0 spiro atoms. The number of ether oxygens (including phenoxy) is 1. The summed E-state index contributed by atoms with van der Waals surface area (Å²) >= 11 is 0. The highest BCUT2D eigenvalue weighted by Crippen LogP contribution is 2.31. The number of nitrogens with zero attached hydrogens (tertiary/aromatic N) is 2. The molecule has 0 unspecified atom stereocenters. The van der Waals surface area contributed by atoms with Crippen LogP contribution in [0.2, 0.25) is 0 Å². The molecule has 1 amide bonds. The Labute approximate surface area is 148 Å². The standard InChI is InChI=1S/C19H25N3O3/c1-13-18(14(2)25-21-13)19(23)20-12-16(22-10-6-7-11-22)15-8-4-5-9-17(15)24-3/h4-5,8-9,16H,6-7,10-12H2,1-3H3,(H,20,23)/t16-/m1/s1. The lowest BCUT2D eigenvalue weighted by atomic mass is 10.0. The molecule has 3 rings (SSSR count). The number of amides is 1. The fraction of sp³-hybridized carbons (Fsp3) is 0.474. The molecule has 25 heavy (non-hydrogen) atoms. The lowest BCUT2D eigenvalue weighted by Crippen LogP contribution is -2.37. The first kappa shape index (κ1) is 17.5. The predicted octanol–water partition coefficient (Wildman–Crippen LogP) is 2.87. The van der Waals surface area contributed by atoms with E-state index in [0.29, 0.717) is 23.6 Å². The van der Waals surface area contributed by atoms with Crippen LogP contribution < -0.4 is 10.1 Å². The molecule has 2 aromatic rings. The van der Waals surface area contributed by atoms with Crippen molar-refractivity contribution in [1.82, 2.24) is 15.4 Å². The second-order valence-corrected chi connectivity index (χ2v) is 6.41. The number of para-hydroxylation sites is 1. The summed E-state index contributed by atoms with van der Waals surface area (Å²) in [7, 11) is 1.68. The molecule has 1 fully saturated rings. The van der Waals surface area contributed by atoms with E-state index >= 15 is 0 Å². The average Bonchev–Trinajstić information content (AvgIpc) is 3.25. The van der Waals surface area contributed by atoms with Gasteiger partial charge >= 0.3 is 0 Å². The Morgan fingerprint density at radius 3 is 2.68 bits per heavy atom. The van der Waals surface area contributed by atoms with Crippen molar-refractivity contribution >= 4 is 5.91 Å². The van der Waals surface area contributed by atoms with E-state index in [4.69, 9.17) is 9.26 Å². The van der Waals surface area contributed by atoms with Crippen LogP contribution in [0.25, 0.3) is 0 Å². The molecule has 1 atom stereocenters. The topological polar surface area (TPSA) is 67.6 Å². The first-order valence-corrected chi connectivity index (χ1v) is 8.70. The summed E-state index contributed by atoms with van der Waals surface area (Å²) in [5, 5.41) is 6.92. The van der Waals surface area contributed by atoms with Gasteiger partial charge in [0.1, 0.15) is 17.1 Å². The molecular weight excluding hydrogens is 318 g/mol. The molecule has 0 aliphatic carbocycles. The second-order valence-electron chi connectivity index (χ2n) is 6.41. The van der Waals surface area contributed by atoms with Gasteiger partial charge in [-0.15, -0.1) is 0 Å². The number of carbonyl (C=O) groups is 1. The largest absolute Gasteiger partial charge is 0.496 e. The lowest BCUT2D eigenvalue weighted by molar-refractivity contribution is 0.0935. The highest BCUT2D eigenvalue weighted by atomic mass is 16.5. The van der Waals surface area contributed by atoms with Crippen molar-refractivity contribution < 1.29 is 14.1 Å². The number of rotatable bonds is 6.